The van der Waals surface area contributed by atoms with Gasteiger partial charge in [0.25, 0.3) is 0 Å². The van der Waals surface area contributed by atoms with Gasteiger partial charge in [-0.15, -0.1) is 0 Å². The van der Waals surface area contributed by atoms with E-state index in [1.165, 1.54) is 38.0 Å². The highest BCUT2D eigenvalue weighted by molar-refractivity contribution is 5.25. The van der Waals surface area contributed by atoms with E-state index in [1.807, 2.05) is 19.9 Å². The van der Waals surface area contributed by atoms with Gasteiger partial charge < -0.3 is 15.0 Å². The molecule has 0 saturated carbocycles. The maximum atomic E-state index is 5.79. The third kappa shape index (κ3) is 3.13. The standard InChI is InChI=1S/C16H25N3O/c1-12(2)20-16-13(4-3-7-17-16)10-18-15-6-9-19-8-5-14(15)11-19/h3-4,7,12,14-15,18H,5-6,8-11H2,1-2H3. The predicted molar refractivity (Wildman–Crippen MR) is 79.8 cm³/mol. The number of ether oxygens (including phenoxy) is 1. The first-order chi connectivity index (χ1) is 9.72. The minimum absolute atomic E-state index is 0.168. The fraction of sp³-hybridized carbons (Fsp3) is 0.688. The fourth-order valence-corrected chi connectivity index (χ4v) is 3.35. The summed E-state index contributed by atoms with van der Waals surface area (Å²) in [5.41, 5.74) is 1.17. The van der Waals surface area contributed by atoms with Gasteiger partial charge in [-0.25, -0.2) is 4.98 Å². The van der Waals surface area contributed by atoms with E-state index in [1.54, 1.807) is 6.20 Å². The fourth-order valence-electron chi connectivity index (χ4n) is 3.35. The van der Waals surface area contributed by atoms with Crippen LogP contribution >= 0.6 is 0 Å². The van der Waals surface area contributed by atoms with Crippen LogP contribution < -0.4 is 10.1 Å². The van der Waals surface area contributed by atoms with Gasteiger partial charge in [0, 0.05) is 30.9 Å². The second-order valence-corrected chi connectivity index (χ2v) is 6.26. The number of rotatable bonds is 5. The molecular weight excluding hydrogens is 250 g/mol. The number of piperidine rings is 1. The van der Waals surface area contributed by atoms with E-state index in [4.69, 9.17) is 4.74 Å². The van der Waals surface area contributed by atoms with E-state index < -0.39 is 0 Å². The second-order valence-electron chi connectivity index (χ2n) is 6.26. The SMILES string of the molecule is CC(C)Oc1ncccc1CNC1CCN2CCC1C2. The highest BCUT2D eigenvalue weighted by Gasteiger charge is 2.33. The summed E-state index contributed by atoms with van der Waals surface area (Å²) in [7, 11) is 0. The molecule has 2 aliphatic heterocycles. The number of aromatic nitrogens is 1. The Bertz CT molecular complexity index is 449. The summed E-state index contributed by atoms with van der Waals surface area (Å²) in [5, 5.41) is 3.73. The Labute approximate surface area is 121 Å². The molecule has 3 rings (SSSR count). The Balaban J connectivity index is 1.60. The topological polar surface area (TPSA) is 37.4 Å². The van der Waals surface area contributed by atoms with Gasteiger partial charge in [-0.05, 0) is 51.8 Å². The molecule has 2 aliphatic rings. The molecule has 1 N–H and O–H groups in total. The molecule has 0 aromatic carbocycles. The van der Waals surface area contributed by atoms with Crippen LogP contribution in [0, 0.1) is 5.92 Å². The number of fused-ring (bicyclic) bond motifs is 2. The van der Waals surface area contributed by atoms with E-state index in [-0.39, 0.29) is 6.10 Å². The Morgan fingerprint density at radius 2 is 2.25 bits per heavy atom. The van der Waals surface area contributed by atoms with Crippen molar-refractivity contribution in [2.75, 3.05) is 19.6 Å². The summed E-state index contributed by atoms with van der Waals surface area (Å²) in [6.45, 7) is 8.76. The summed E-state index contributed by atoms with van der Waals surface area (Å²) in [5.74, 6) is 1.61. The Morgan fingerprint density at radius 1 is 1.40 bits per heavy atom. The van der Waals surface area contributed by atoms with E-state index in [2.05, 4.69) is 21.3 Å². The molecule has 20 heavy (non-hydrogen) atoms. The van der Waals surface area contributed by atoms with Crippen LogP contribution in [0.3, 0.4) is 0 Å². The summed E-state index contributed by atoms with van der Waals surface area (Å²) < 4.78 is 5.79. The monoisotopic (exact) mass is 275 g/mol. The summed E-state index contributed by atoms with van der Waals surface area (Å²) in [6.07, 6.45) is 4.59. The molecule has 2 bridgehead atoms. The van der Waals surface area contributed by atoms with Crippen LogP contribution in [-0.4, -0.2) is 41.7 Å². The van der Waals surface area contributed by atoms with Crippen LogP contribution in [0.4, 0.5) is 0 Å². The molecule has 0 spiro atoms. The molecule has 4 heteroatoms. The lowest BCUT2D eigenvalue weighted by Crippen LogP contribution is -2.43. The second kappa shape index (κ2) is 6.10. The Hall–Kier alpha value is -1.13. The van der Waals surface area contributed by atoms with Crippen molar-refractivity contribution in [3.8, 4) is 5.88 Å². The van der Waals surface area contributed by atoms with Crippen molar-refractivity contribution in [3.05, 3.63) is 23.9 Å². The van der Waals surface area contributed by atoms with Gasteiger partial charge in [-0.1, -0.05) is 6.07 Å². The maximum Gasteiger partial charge on any atom is 0.218 e. The molecular formula is C16H25N3O. The van der Waals surface area contributed by atoms with Crippen molar-refractivity contribution >= 4 is 0 Å². The van der Waals surface area contributed by atoms with Gasteiger partial charge in [-0.2, -0.15) is 0 Å². The lowest BCUT2D eigenvalue weighted by Gasteiger charge is -2.31. The van der Waals surface area contributed by atoms with Crippen LogP contribution in [0.5, 0.6) is 5.88 Å². The van der Waals surface area contributed by atoms with Gasteiger partial charge >= 0.3 is 0 Å². The zero-order valence-corrected chi connectivity index (χ0v) is 12.5. The third-order valence-corrected chi connectivity index (χ3v) is 4.39. The number of nitrogens with zero attached hydrogens (tertiary/aromatic N) is 2. The normalized spacial score (nSPS) is 28.9. The van der Waals surface area contributed by atoms with Crippen LogP contribution in [0.15, 0.2) is 18.3 Å². The van der Waals surface area contributed by atoms with E-state index in [0.717, 1.165) is 18.3 Å². The molecule has 1 aromatic rings. The minimum Gasteiger partial charge on any atom is -0.475 e. The van der Waals surface area contributed by atoms with Crippen LogP contribution in [0.2, 0.25) is 0 Å². The zero-order valence-electron chi connectivity index (χ0n) is 12.5. The molecule has 2 fully saturated rings. The van der Waals surface area contributed by atoms with Crippen molar-refractivity contribution in [2.45, 2.75) is 45.4 Å². The Morgan fingerprint density at radius 3 is 3.10 bits per heavy atom. The number of hydrogen-bond donors (Lipinski definition) is 1. The largest absolute Gasteiger partial charge is 0.475 e. The van der Waals surface area contributed by atoms with E-state index in [0.29, 0.717) is 6.04 Å². The van der Waals surface area contributed by atoms with E-state index >= 15 is 0 Å². The lowest BCUT2D eigenvalue weighted by atomic mass is 9.94. The first kappa shape index (κ1) is 13.8. The average molecular weight is 275 g/mol. The maximum absolute atomic E-state index is 5.79. The highest BCUT2D eigenvalue weighted by atomic mass is 16.5. The Kier molecular flexibility index (Phi) is 4.22. The lowest BCUT2D eigenvalue weighted by molar-refractivity contribution is 0.215. The molecule has 0 radical (unpaired) electrons. The molecule has 3 unspecified atom stereocenters. The zero-order chi connectivity index (χ0) is 13.9. The van der Waals surface area contributed by atoms with Gasteiger partial charge in [0.2, 0.25) is 5.88 Å². The number of pyridine rings is 1. The van der Waals surface area contributed by atoms with Crippen LogP contribution in [0.25, 0.3) is 0 Å². The highest BCUT2D eigenvalue weighted by Crippen LogP contribution is 2.27. The number of nitrogens with one attached hydrogen (secondary N) is 1. The van der Waals surface area contributed by atoms with Crippen molar-refractivity contribution < 1.29 is 4.74 Å². The minimum atomic E-state index is 0.168. The molecule has 1 aromatic heterocycles. The van der Waals surface area contributed by atoms with Crippen LogP contribution in [0.1, 0.15) is 32.3 Å². The number of hydrogen-bond acceptors (Lipinski definition) is 4. The molecule has 2 saturated heterocycles. The quantitative estimate of drug-likeness (QED) is 0.892. The molecule has 3 atom stereocenters. The smallest absolute Gasteiger partial charge is 0.218 e. The van der Waals surface area contributed by atoms with Gasteiger partial charge in [0.05, 0.1) is 6.10 Å². The van der Waals surface area contributed by atoms with Gasteiger partial charge in [0.15, 0.2) is 0 Å². The average Bonchev–Trinajstić information content (AvgIpc) is 2.81. The van der Waals surface area contributed by atoms with Gasteiger partial charge in [0.1, 0.15) is 0 Å². The molecule has 4 nitrogen and oxygen atoms in total. The molecule has 110 valence electrons. The summed E-state index contributed by atoms with van der Waals surface area (Å²) >= 11 is 0. The molecule has 0 aliphatic carbocycles. The van der Waals surface area contributed by atoms with Gasteiger partial charge in [-0.3, -0.25) is 0 Å². The first-order valence-electron chi connectivity index (χ1n) is 7.78. The summed E-state index contributed by atoms with van der Waals surface area (Å²) in [4.78, 5) is 6.94. The molecule has 3 heterocycles. The third-order valence-electron chi connectivity index (χ3n) is 4.39. The molecule has 0 amide bonds. The van der Waals surface area contributed by atoms with E-state index in [9.17, 15) is 0 Å². The van der Waals surface area contributed by atoms with Crippen molar-refractivity contribution in [1.29, 1.82) is 0 Å². The van der Waals surface area contributed by atoms with Crippen LogP contribution in [-0.2, 0) is 6.54 Å². The first-order valence-corrected chi connectivity index (χ1v) is 7.78. The van der Waals surface area contributed by atoms with Crippen molar-refractivity contribution in [1.82, 2.24) is 15.2 Å². The predicted octanol–water partition coefficient (Wildman–Crippen LogP) is 2.05. The summed E-state index contributed by atoms with van der Waals surface area (Å²) in [6, 6.07) is 4.75. The van der Waals surface area contributed by atoms with Crippen molar-refractivity contribution in [3.63, 3.8) is 0 Å². The van der Waals surface area contributed by atoms with Crippen molar-refractivity contribution in [2.24, 2.45) is 5.92 Å².